The van der Waals surface area contributed by atoms with Crippen molar-refractivity contribution < 1.29 is 9.15 Å². The quantitative estimate of drug-likeness (QED) is 0.665. The lowest BCUT2D eigenvalue weighted by Crippen LogP contribution is -2.38. The lowest BCUT2D eigenvalue weighted by molar-refractivity contribution is 0.0464. The molecule has 0 radical (unpaired) electrons. The fourth-order valence-electron chi connectivity index (χ4n) is 2.76. The first-order valence-corrected chi connectivity index (χ1v) is 6.70. The summed E-state index contributed by atoms with van der Waals surface area (Å²) >= 11 is 3.48. The van der Waals surface area contributed by atoms with Gasteiger partial charge in [-0.2, -0.15) is 0 Å². The van der Waals surface area contributed by atoms with Crippen LogP contribution in [0.15, 0.2) is 21.2 Å². The molecule has 5 heteroatoms. The number of nitrogens with two attached hydrogens (primary N) is 1. The van der Waals surface area contributed by atoms with Gasteiger partial charge in [0, 0.05) is 5.92 Å². The van der Waals surface area contributed by atoms with Gasteiger partial charge in [0.25, 0.3) is 0 Å². The Morgan fingerprint density at radius 2 is 2.06 bits per heavy atom. The number of furan rings is 1. The molecule has 0 bridgehead atoms. The van der Waals surface area contributed by atoms with Crippen LogP contribution in [0.1, 0.15) is 32.6 Å². The Hall–Kier alpha value is -0.360. The van der Waals surface area contributed by atoms with Gasteiger partial charge in [-0.05, 0) is 41.8 Å². The van der Waals surface area contributed by atoms with Gasteiger partial charge in [0.2, 0.25) is 0 Å². The molecule has 1 aromatic heterocycles. The topological polar surface area (TPSA) is 60.4 Å². The molecule has 1 fully saturated rings. The molecule has 3 N–H and O–H groups in total. The van der Waals surface area contributed by atoms with E-state index in [4.69, 9.17) is 15.0 Å². The second kappa shape index (κ2) is 5.10. The summed E-state index contributed by atoms with van der Waals surface area (Å²) in [6.45, 7) is 6.39. The molecule has 5 atom stereocenters. The maximum atomic E-state index is 5.85. The first-order valence-electron chi connectivity index (χ1n) is 5.90. The summed E-state index contributed by atoms with van der Waals surface area (Å²) in [4.78, 5) is 0. The highest BCUT2D eigenvalue weighted by Crippen LogP contribution is 2.42. The molecule has 1 aromatic rings. The lowest BCUT2D eigenvalue weighted by Gasteiger charge is -2.27. The van der Waals surface area contributed by atoms with Gasteiger partial charge in [-0.1, -0.05) is 6.92 Å². The van der Waals surface area contributed by atoms with Gasteiger partial charge in [-0.25, -0.2) is 5.43 Å². The van der Waals surface area contributed by atoms with E-state index in [0.29, 0.717) is 11.8 Å². The molecule has 0 aromatic carbocycles. The molecule has 1 saturated heterocycles. The monoisotopic (exact) mass is 302 g/mol. The Labute approximate surface area is 110 Å². The highest BCUT2D eigenvalue weighted by Gasteiger charge is 2.43. The Kier molecular flexibility index (Phi) is 3.92. The van der Waals surface area contributed by atoms with Crippen LogP contribution in [0.4, 0.5) is 0 Å². The molecule has 2 rings (SSSR count). The van der Waals surface area contributed by atoms with Crippen molar-refractivity contribution in [2.75, 3.05) is 0 Å². The van der Waals surface area contributed by atoms with E-state index >= 15 is 0 Å². The summed E-state index contributed by atoms with van der Waals surface area (Å²) in [5.74, 6) is 7.27. The fraction of sp³-hybridized carbons (Fsp3) is 0.667. The number of hydrogen-bond donors (Lipinski definition) is 2. The van der Waals surface area contributed by atoms with Gasteiger partial charge < -0.3 is 9.15 Å². The van der Waals surface area contributed by atoms with E-state index in [2.05, 4.69) is 42.1 Å². The van der Waals surface area contributed by atoms with Crippen LogP contribution in [0.25, 0.3) is 0 Å². The SMILES string of the molecule is CC1OC(C)C(C(NN)c2occc2Br)C1C. The number of ether oxygens (including phenoxy) is 1. The molecule has 96 valence electrons. The molecule has 5 unspecified atom stereocenters. The van der Waals surface area contributed by atoms with Gasteiger partial charge >= 0.3 is 0 Å². The van der Waals surface area contributed by atoms with E-state index in [9.17, 15) is 0 Å². The van der Waals surface area contributed by atoms with Gasteiger partial charge in [0.15, 0.2) is 0 Å². The summed E-state index contributed by atoms with van der Waals surface area (Å²) in [5, 5.41) is 0. The number of rotatable bonds is 3. The number of hydrazine groups is 1. The molecule has 0 aliphatic carbocycles. The standard InChI is InChI=1S/C12H19BrN2O2/c1-6-7(2)17-8(3)10(6)11(15-14)12-9(13)4-5-16-12/h4-8,10-11,15H,14H2,1-3H3. The van der Waals surface area contributed by atoms with E-state index in [1.165, 1.54) is 0 Å². The van der Waals surface area contributed by atoms with Crippen LogP contribution >= 0.6 is 15.9 Å². The Morgan fingerprint density at radius 3 is 2.47 bits per heavy atom. The lowest BCUT2D eigenvalue weighted by atomic mass is 9.83. The molecule has 17 heavy (non-hydrogen) atoms. The van der Waals surface area contributed by atoms with Crippen LogP contribution < -0.4 is 11.3 Å². The zero-order valence-electron chi connectivity index (χ0n) is 10.3. The third kappa shape index (κ3) is 2.29. The average Bonchev–Trinajstić information content (AvgIpc) is 2.79. The molecule has 1 aliphatic rings. The summed E-state index contributed by atoms with van der Waals surface area (Å²) in [6, 6.07) is 1.85. The molecule has 0 saturated carbocycles. The van der Waals surface area contributed by atoms with Gasteiger partial charge in [-0.3, -0.25) is 5.84 Å². The van der Waals surface area contributed by atoms with Crippen LogP contribution in [-0.2, 0) is 4.74 Å². The van der Waals surface area contributed by atoms with Crippen molar-refractivity contribution in [3.8, 4) is 0 Å². The van der Waals surface area contributed by atoms with Crippen LogP contribution in [0.5, 0.6) is 0 Å². The third-order valence-electron chi connectivity index (χ3n) is 3.81. The van der Waals surface area contributed by atoms with Gasteiger partial charge in [0.05, 0.1) is 29.0 Å². The van der Waals surface area contributed by atoms with Crippen LogP contribution in [-0.4, -0.2) is 12.2 Å². The minimum atomic E-state index is -0.0330. The maximum absolute atomic E-state index is 5.85. The van der Waals surface area contributed by atoms with Crippen molar-refractivity contribution in [1.29, 1.82) is 0 Å². The third-order valence-corrected chi connectivity index (χ3v) is 4.47. The molecule has 2 heterocycles. The van der Waals surface area contributed by atoms with E-state index in [0.717, 1.165) is 10.2 Å². The summed E-state index contributed by atoms with van der Waals surface area (Å²) < 4.78 is 12.3. The van der Waals surface area contributed by atoms with E-state index < -0.39 is 0 Å². The van der Waals surface area contributed by atoms with E-state index in [1.54, 1.807) is 6.26 Å². The zero-order chi connectivity index (χ0) is 12.6. The van der Waals surface area contributed by atoms with Crippen molar-refractivity contribution in [3.63, 3.8) is 0 Å². The fourth-order valence-corrected chi connectivity index (χ4v) is 3.21. The second-order valence-corrected chi connectivity index (χ2v) is 5.61. The smallest absolute Gasteiger partial charge is 0.136 e. The second-order valence-electron chi connectivity index (χ2n) is 4.76. The summed E-state index contributed by atoms with van der Waals surface area (Å²) in [6.07, 6.45) is 2.08. The Balaban J connectivity index is 2.27. The number of hydrogen-bond acceptors (Lipinski definition) is 4. The van der Waals surface area contributed by atoms with Crippen molar-refractivity contribution in [1.82, 2.24) is 5.43 Å². The largest absolute Gasteiger partial charge is 0.466 e. The van der Waals surface area contributed by atoms with E-state index in [-0.39, 0.29) is 18.2 Å². The summed E-state index contributed by atoms with van der Waals surface area (Å²) in [7, 11) is 0. The van der Waals surface area contributed by atoms with Crippen molar-refractivity contribution in [2.24, 2.45) is 17.7 Å². The van der Waals surface area contributed by atoms with Gasteiger partial charge in [0.1, 0.15) is 5.76 Å². The highest BCUT2D eigenvalue weighted by molar-refractivity contribution is 9.10. The summed E-state index contributed by atoms with van der Waals surface area (Å²) in [5.41, 5.74) is 2.86. The molecule has 0 spiro atoms. The van der Waals surface area contributed by atoms with Crippen LogP contribution in [0.3, 0.4) is 0 Å². The minimum absolute atomic E-state index is 0.0330. The first kappa shape index (κ1) is 13.1. The molecular weight excluding hydrogens is 284 g/mol. The number of nitrogens with one attached hydrogen (secondary N) is 1. The Bertz CT molecular complexity index is 382. The Morgan fingerprint density at radius 1 is 1.35 bits per heavy atom. The van der Waals surface area contributed by atoms with E-state index in [1.807, 2.05) is 6.07 Å². The zero-order valence-corrected chi connectivity index (χ0v) is 11.9. The minimum Gasteiger partial charge on any atom is -0.466 e. The highest BCUT2D eigenvalue weighted by atomic mass is 79.9. The van der Waals surface area contributed by atoms with Crippen molar-refractivity contribution >= 4 is 15.9 Å². The van der Waals surface area contributed by atoms with Crippen LogP contribution in [0.2, 0.25) is 0 Å². The number of halogens is 1. The first-order chi connectivity index (χ1) is 8.06. The molecule has 1 aliphatic heterocycles. The van der Waals surface area contributed by atoms with Crippen molar-refractivity contribution in [3.05, 3.63) is 22.6 Å². The average molecular weight is 303 g/mol. The predicted molar refractivity (Wildman–Crippen MR) is 69.1 cm³/mol. The van der Waals surface area contributed by atoms with Crippen molar-refractivity contribution in [2.45, 2.75) is 39.0 Å². The maximum Gasteiger partial charge on any atom is 0.136 e. The predicted octanol–water partition coefficient (Wildman–Crippen LogP) is 2.61. The molecule has 4 nitrogen and oxygen atoms in total. The van der Waals surface area contributed by atoms with Gasteiger partial charge in [-0.15, -0.1) is 0 Å². The molecular formula is C12H19BrN2O2. The normalized spacial score (nSPS) is 35.1. The molecule has 0 amide bonds. The van der Waals surface area contributed by atoms with Crippen LogP contribution in [0, 0.1) is 11.8 Å².